The van der Waals surface area contributed by atoms with Crippen molar-refractivity contribution in [1.82, 2.24) is 5.32 Å². The monoisotopic (exact) mass is 317 g/mol. The van der Waals surface area contributed by atoms with Crippen LogP contribution in [0.15, 0.2) is 52.3 Å². The van der Waals surface area contributed by atoms with Crippen molar-refractivity contribution in [2.75, 3.05) is 13.1 Å². The second kappa shape index (κ2) is 6.63. The molecular formula is C18H17F2NS. The summed E-state index contributed by atoms with van der Waals surface area (Å²) >= 11 is 1.35. The first-order valence-electron chi connectivity index (χ1n) is 7.27. The van der Waals surface area contributed by atoms with Gasteiger partial charge in [-0.25, -0.2) is 8.78 Å². The van der Waals surface area contributed by atoms with E-state index < -0.39 is 0 Å². The van der Waals surface area contributed by atoms with Crippen molar-refractivity contribution in [3.8, 4) is 0 Å². The van der Waals surface area contributed by atoms with Gasteiger partial charge < -0.3 is 5.32 Å². The maximum atomic E-state index is 14.1. The van der Waals surface area contributed by atoms with Gasteiger partial charge in [0.2, 0.25) is 0 Å². The summed E-state index contributed by atoms with van der Waals surface area (Å²) in [6, 6.07) is 9.90. The van der Waals surface area contributed by atoms with Crippen molar-refractivity contribution in [3.05, 3.63) is 65.2 Å². The standard InChI is InChI=1S/C18H17F2NS/c1-12-2-4-18(16(20)10-12)22-17-5-3-14(19)11-15(17)13-6-8-21-9-7-13/h2-6,10-11,21H,7-9H2,1H3. The van der Waals surface area contributed by atoms with Gasteiger partial charge in [-0.2, -0.15) is 0 Å². The Bertz CT molecular complexity index is 725. The Morgan fingerprint density at radius 1 is 1.05 bits per heavy atom. The van der Waals surface area contributed by atoms with Crippen molar-refractivity contribution in [2.24, 2.45) is 0 Å². The summed E-state index contributed by atoms with van der Waals surface area (Å²) in [5.74, 6) is -0.497. The minimum Gasteiger partial charge on any atom is -0.313 e. The van der Waals surface area contributed by atoms with Crippen molar-refractivity contribution >= 4 is 17.3 Å². The number of benzene rings is 2. The molecule has 1 heterocycles. The van der Waals surface area contributed by atoms with E-state index in [2.05, 4.69) is 11.4 Å². The Kier molecular flexibility index (Phi) is 4.60. The van der Waals surface area contributed by atoms with Crippen LogP contribution >= 0.6 is 11.8 Å². The first kappa shape index (κ1) is 15.3. The topological polar surface area (TPSA) is 12.0 Å². The fraction of sp³-hybridized carbons (Fsp3) is 0.222. The molecule has 0 spiro atoms. The normalized spacial score (nSPS) is 14.8. The zero-order valence-corrected chi connectivity index (χ0v) is 13.1. The zero-order valence-electron chi connectivity index (χ0n) is 12.3. The third-order valence-corrected chi connectivity index (χ3v) is 4.79. The lowest BCUT2D eigenvalue weighted by atomic mass is 10.0. The molecule has 1 N–H and O–H groups in total. The number of hydrogen-bond donors (Lipinski definition) is 1. The van der Waals surface area contributed by atoms with Crippen LogP contribution in [0.4, 0.5) is 8.78 Å². The maximum absolute atomic E-state index is 14.1. The van der Waals surface area contributed by atoms with Crippen LogP contribution in [0, 0.1) is 18.6 Å². The highest BCUT2D eigenvalue weighted by atomic mass is 32.2. The van der Waals surface area contributed by atoms with Crippen LogP contribution in [-0.4, -0.2) is 13.1 Å². The fourth-order valence-corrected chi connectivity index (χ4v) is 3.48. The smallest absolute Gasteiger partial charge is 0.137 e. The average Bonchev–Trinajstić information content (AvgIpc) is 2.52. The van der Waals surface area contributed by atoms with Gasteiger partial charge in [-0.1, -0.05) is 23.9 Å². The number of rotatable bonds is 3. The third kappa shape index (κ3) is 3.39. The lowest BCUT2D eigenvalue weighted by Crippen LogP contribution is -2.20. The summed E-state index contributed by atoms with van der Waals surface area (Å²) in [6.07, 6.45) is 2.93. The van der Waals surface area contributed by atoms with E-state index in [-0.39, 0.29) is 11.6 Å². The van der Waals surface area contributed by atoms with Crippen LogP contribution in [0.1, 0.15) is 17.5 Å². The second-order valence-corrected chi connectivity index (χ2v) is 6.44. The average molecular weight is 317 g/mol. The number of hydrogen-bond acceptors (Lipinski definition) is 2. The minimum atomic E-state index is -0.261. The van der Waals surface area contributed by atoms with E-state index in [1.54, 1.807) is 18.2 Å². The molecule has 0 aliphatic carbocycles. The Labute approximate surface area is 133 Å². The van der Waals surface area contributed by atoms with Gasteiger partial charge >= 0.3 is 0 Å². The molecule has 1 aliphatic rings. The first-order valence-corrected chi connectivity index (χ1v) is 8.09. The van der Waals surface area contributed by atoms with Crippen LogP contribution in [0.25, 0.3) is 5.57 Å². The van der Waals surface area contributed by atoms with E-state index in [1.807, 2.05) is 13.0 Å². The predicted octanol–water partition coefficient (Wildman–Crippen LogP) is 4.80. The van der Waals surface area contributed by atoms with E-state index in [9.17, 15) is 8.78 Å². The van der Waals surface area contributed by atoms with Gasteiger partial charge in [-0.05, 0) is 66.9 Å². The summed E-state index contributed by atoms with van der Waals surface area (Å²) in [5.41, 5.74) is 2.88. The molecule has 0 saturated carbocycles. The van der Waals surface area contributed by atoms with E-state index in [1.165, 1.54) is 23.9 Å². The van der Waals surface area contributed by atoms with Crippen molar-refractivity contribution in [1.29, 1.82) is 0 Å². The van der Waals surface area contributed by atoms with Gasteiger partial charge in [-0.15, -0.1) is 0 Å². The first-order chi connectivity index (χ1) is 10.6. The molecule has 0 aromatic heterocycles. The van der Waals surface area contributed by atoms with E-state index in [4.69, 9.17) is 0 Å². The van der Waals surface area contributed by atoms with E-state index in [0.29, 0.717) is 4.90 Å². The Hall–Kier alpha value is -1.65. The quantitative estimate of drug-likeness (QED) is 0.872. The molecule has 1 nitrogen and oxygen atoms in total. The molecule has 0 bridgehead atoms. The van der Waals surface area contributed by atoms with Crippen LogP contribution in [0.5, 0.6) is 0 Å². The number of nitrogens with one attached hydrogen (secondary N) is 1. The fourth-order valence-electron chi connectivity index (χ4n) is 2.52. The minimum absolute atomic E-state index is 0.237. The van der Waals surface area contributed by atoms with Gasteiger partial charge in [0.15, 0.2) is 0 Å². The lowest BCUT2D eigenvalue weighted by Gasteiger charge is -2.17. The largest absolute Gasteiger partial charge is 0.313 e. The molecule has 2 aromatic rings. The van der Waals surface area contributed by atoms with Crippen LogP contribution in [0.3, 0.4) is 0 Å². The molecule has 4 heteroatoms. The van der Waals surface area contributed by atoms with E-state index in [0.717, 1.165) is 41.1 Å². The molecule has 3 rings (SSSR count). The zero-order chi connectivity index (χ0) is 15.5. The van der Waals surface area contributed by atoms with Gasteiger partial charge in [-0.3, -0.25) is 0 Å². The van der Waals surface area contributed by atoms with Crippen molar-refractivity contribution in [3.63, 3.8) is 0 Å². The maximum Gasteiger partial charge on any atom is 0.137 e. The summed E-state index contributed by atoms with van der Waals surface area (Å²) < 4.78 is 27.7. The van der Waals surface area contributed by atoms with Crippen LogP contribution in [0.2, 0.25) is 0 Å². The molecular weight excluding hydrogens is 300 g/mol. The Morgan fingerprint density at radius 3 is 2.59 bits per heavy atom. The lowest BCUT2D eigenvalue weighted by molar-refractivity contribution is 0.600. The number of aryl methyl sites for hydroxylation is 1. The Balaban J connectivity index is 1.98. The van der Waals surface area contributed by atoms with Crippen molar-refractivity contribution in [2.45, 2.75) is 23.1 Å². The van der Waals surface area contributed by atoms with Crippen LogP contribution in [-0.2, 0) is 0 Å². The summed E-state index contributed by atoms with van der Waals surface area (Å²) in [5, 5.41) is 3.25. The summed E-state index contributed by atoms with van der Waals surface area (Å²) in [4.78, 5) is 1.45. The third-order valence-electron chi connectivity index (χ3n) is 3.66. The molecule has 0 unspecified atom stereocenters. The molecule has 0 radical (unpaired) electrons. The second-order valence-electron chi connectivity index (χ2n) is 5.36. The number of halogens is 2. The highest BCUT2D eigenvalue weighted by molar-refractivity contribution is 7.99. The van der Waals surface area contributed by atoms with Gasteiger partial charge in [0.05, 0.1) is 0 Å². The predicted molar refractivity (Wildman–Crippen MR) is 87.1 cm³/mol. The summed E-state index contributed by atoms with van der Waals surface area (Å²) in [7, 11) is 0. The molecule has 1 aliphatic heterocycles. The summed E-state index contributed by atoms with van der Waals surface area (Å²) in [6.45, 7) is 3.53. The highest BCUT2D eigenvalue weighted by Gasteiger charge is 2.14. The molecule has 0 fully saturated rings. The van der Waals surface area contributed by atoms with Crippen LogP contribution < -0.4 is 5.32 Å². The molecule has 0 atom stereocenters. The SMILES string of the molecule is Cc1ccc(Sc2ccc(F)cc2C2=CCNCC2)c(F)c1. The molecule has 0 amide bonds. The molecule has 2 aromatic carbocycles. The molecule has 0 saturated heterocycles. The molecule has 22 heavy (non-hydrogen) atoms. The van der Waals surface area contributed by atoms with Gasteiger partial charge in [0, 0.05) is 16.3 Å². The Morgan fingerprint density at radius 2 is 1.86 bits per heavy atom. The van der Waals surface area contributed by atoms with E-state index >= 15 is 0 Å². The van der Waals surface area contributed by atoms with Gasteiger partial charge in [0.25, 0.3) is 0 Å². The highest BCUT2D eigenvalue weighted by Crippen LogP contribution is 2.36. The van der Waals surface area contributed by atoms with Crippen molar-refractivity contribution < 1.29 is 8.78 Å². The molecule has 114 valence electrons. The van der Waals surface area contributed by atoms with Gasteiger partial charge in [0.1, 0.15) is 11.6 Å².